The zero-order valence-corrected chi connectivity index (χ0v) is 7.59. The maximum Gasteiger partial charge on any atom is 0.00350 e. The molecule has 0 aromatic carbocycles. The summed E-state index contributed by atoms with van der Waals surface area (Å²) in [5, 5.41) is 3.07. The molecular formula is C10H17N. The van der Waals surface area contributed by atoms with Gasteiger partial charge in [-0.25, -0.2) is 0 Å². The fourth-order valence-electron chi connectivity index (χ4n) is 0.615. The lowest BCUT2D eigenvalue weighted by Crippen LogP contribution is -2.00. The highest BCUT2D eigenvalue weighted by molar-refractivity contribution is 5.05. The minimum absolute atomic E-state index is 0.997. The Morgan fingerprint density at radius 2 is 2.09 bits per heavy atom. The molecule has 0 rings (SSSR count). The van der Waals surface area contributed by atoms with Crippen LogP contribution < -0.4 is 5.32 Å². The summed E-state index contributed by atoms with van der Waals surface area (Å²) in [6.07, 6.45) is 11.4. The fraction of sp³-hybridized carbons (Fsp3) is 0.400. The second-order valence-corrected chi connectivity index (χ2v) is 2.33. The predicted molar refractivity (Wildman–Crippen MR) is 51.4 cm³/mol. The summed E-state index contributed by atoms with van der Waals surface area (Å²) in [6.45, 7) is 4.07. The number of hydrogen-bond donors (Lipinski definition) is 1. The molecule has 1 nitrogen and oxygen atoms in total. The molecule has 11 heavy (non-hydrogen) atoms. The first-order chi connectivity index (χ1) is 5.31. The highest BCUT2D eigenvalue weighted by atomic mass is 14.8. The number of allylic oxidation sites excluding steroid dienone is 6. The molecule has 0 aromatic rings. The fourth-order valence-corrected chi connectivity index (χ4v) is 0.615. The molecule has 0 aliphatic rings. The molecule has 0 saturated heterocycles. The van der Waals surface area contributed by atoms with Gasteiger partial charge in [-0.15, -0.1) is 0 Å². The minimum atomic E-state index is 0.997. The third-order valence-corrected chi connectivity index (χ3v) is 1.39. The molecular weight excluding hydrogens is 134 g/mol. The topological polar surface area (TPSA) is 12.0 Å². The average Bonchev–Trinajstić information content (AvgIpc) is 2.04. The van der Waals surface area contributed by atoms with Crippen LogP contribution in [-0.4, -0.2) is 7.05 Å². The molecule has 1 N–H and O–H groups in total. The first-order valence-corrected chi connectivity index (χ1v) is 3.93. The Kier molecular flexibility index (Phi) is 6.50. The monoisotopic (exact) mass is 151 g/mol. The first kappa shape index (κ1) is 10.0. The Hall–Kier alpha value is -0.980. The van der Waals surface area contributed by atoms with Crippen LogP contribution in [0.15, 0.2) is 36.1 Å². The lowest BCUT2D eigenvalue weighted by molar-refractivity contribution is 0.976. The maximum atomic E-state index is 3.07. The van der Waals surface area contributed by atoms with Crippen LogP contribution >= 0.6 is 0 Å². The quantitative estimate of drug-likeness (QED) is 0.609. The molecule has 0 unspecified atom stereocenters. The Bertz CT molecular complexity index is 164. The molecule has 0 bridgehead atoms. The van der Waals surface area contributed by atoms with Crippen LogP contribution in [0.1, 0.15) is 20.3 Å². The van der Waals surface area contributed by atoms with Crippen molar-refractivity contribution in [2.24, 2.45) is 0 Å². The van der Waals surface area contributed by atoms with Crippen molar-refractivity contribution in [3.05, 3.63) is 36.1 Å². The van der Waals surface area contributed by atoms with Gasteiger partial charge in [-0.05, 0) is 20.3 Å². The minimum Gasteiger partial charge on any atom is -0.392 e. The number of nitrogens with one attached hydrogen (secondary N) is 1. The molecule has 1 heteroatoms. The van der Waals surface area contributed by atoms with E-state index in [1.165, 1.54) is 5.70 Å². The van der Waals surface area contributed by atoms with E-state index < -0.39 is 0 Å². The molecule has 0 fully saturated rings. The summed E-state index contributed by atoms with van der Waals surface area (Å²) in [7, 11) is 1.93. The maximum absolute atomic E-state index is 3.07. The van der Waals surface area contributed by atoms with Gasteiger partial charge in [0.25, 0.3) is 0 Å². The van der Waals surface area contributed by atoms with E-state index in [0.717, 1.165) is 6.42 Å². The van der Waals surface area contributed by atoms with Gasteiger partial charge >= 0.3 is 0 Å². The van der Waals surface area contributed by atoms with E-state index >= 15 is 0 Å². The largest absolute Gasteiger partial charge is 0.392 e. The Labute approximate surface area is 69.5 Å². The molecule has 0 saturated carbocycles. The van der Waals surface area contributed by atoms with Crippen molar-refractivity contribution in [3.63, 3.8) is 0 Å². The predicted octanol–water partition coefficient (Wildman–Crippen LogP) is 2.63. The van der Waals surface area contributed by atoms with Gasteiger partial charge in [0, 0.05) is 12.7 Å². The van der Waals surface area contributed by atoms with E-state index in [9.17, 15) is 0 Å². The molecule has 0 aliphatic heterocycles. The average molecular weight is 151 g/mol. The lowest BCUT2D eigenvalue weighted by atomic mass is 10.3. The van der Waals surface area contributed by atoms with E-state index in [-0.39, 0.29) is 0 Å². The van der Waals surface area contributed by atoms with Crippen molar-refractivity contribution in [3.8, 4) is 0 Å². The summed E-state index contributed by atoms with van der Waals surface area (Å²) < 4.78 is 0. The zero-order valence-electron chi connectivity index (χ0n) is 7.59. The molecule has 0 aliphatic carbocycles. The van der Waals surface area contributed by atoms with E-state index in [1.54, 1.807) is 0 Å². The molecule has 0 atom stereocenters. The third kappa shape index (κ3) is 6.91. The van der Waals surface area contributed by atoms with Crippen LogP contribution in [-0.2, 0) is 0 Å². The lowest BCUT2D eigenvalue weighted by Gasteiger charge is -1.94. The van der Waals surface area contributed by atoms with Crippen LogP contribution in [0.4, 0.5) is 0 Å². The van der Waals surface area contributed by atoms with Gasteiger partial charge in [-0.3, -0.25) is 0 Å². The first-order valence-electron chi connectivity index (χ1n) is 3.93. The van der Waals surface area contributed by atoms with Crippen molar-refractivity contribution < 1.29 is 0 Å². The summed E-state index contributed by atoms with van der Waals surface area (Å²) in [6, 6.07) is 0. The van der Waals surface area contributed by atoms with Gasteiger partial charge in [0.05, 0.1) is 0 Å². The van der Waals surface area contributed by atoms with E-state index in [2.05, 4.69) is 30.5 Å². The van der Waals surface area contributed by atoms with Gasteiger partial charge < -0.3 is 5.32 Å². The van der Waals surface area contributed by atoms with Crippen LogP contribution in [0.5, 0.6) is 0 Å². The van der Waals surface area contributed by atoms with Crippen molar-refractivity contribution in [2.75, 3.05) is 7.05 Å². The highest BCUT2D eigenvalue weighted by Gasteiger charge is 1.77. The van der Waals surface area contributed by atoms with Crippen molar-refractivity contribution >= 4 is 0 Å². The molecule has 62 valence electrons. The zero-order chi connectivity index (χ0) is 8.53. The van der Waals surface area contributed by atoms with Gasteiger partial charge in [-0.1, -0.05) is 30.4 Å². The normalized spacial score (nSPS) is 13.2. The van der Waals surface area contributed by atoms with Gasteiger partial charge in [0.15, 0.2) is 0 Å². The van der Waals surface area contributed by atoms with Crippen LogP contribution in [0.25, 0.3) is 0 Å². The van der Waals surface area contributed by atoms with E-state index in [4.69, 9.17) is 0 Å². The smallest absolute Gasteiger partial charge is 0.00350 e. The molecule has 0 radical (unpaired) electrons. The van der Waals surface area contributed by atoms with Crippen molar-refractivity contribution in [1.82, 2.24) is 5.32 Å². The second-order valence-electron chi connectivity index (χ2n) is 2.33. The molecule has 0 amide bonds. The molecule has 0 spiro atoms. The SMILES string of the molecule is C/C=C\C=CC/C=C(\C)NC. The Morgan fingerprint density at radius 1 is 1.36 bits per heavy atom. The summed E-state index contributed by atoms with van der Waals surface area (Å²) >= 11 is 0. The third-order valence-electron chi connectivity index (χ3n) is 1.39. The summed E-state index contributed by atoms with van der Waals surface area (Å²) in [5.74, 6) is 0. The van der Waals surface area contributed by atoms with Crippen LogP contribution in [0.2, 0.25) is 0 Å². The summed E-state index contributed by atoms with van der Waals surface area (Å²) in [4.78, 5) is 0. The highest BCUT2D eigenvalue weighted by Crippen LogP contribution is 1.91. The van der Waals surface area contributed by atoms with Crippen molar-refractivity contribution in [2.45, 2.75) is 20.3 Å². The van der Waals surface area contributed by atoms with Crippen molar-refractivity contribution in [1.29, 1.82) is 0 Å². The summed E-state index contributed by atoms with van der Waals surface area (Å²) in [5.41, 5.74) is 1.22. The molecule has 0 aromatic heterocycles. The second kappa shape index (κ2) is 7.13. The van der Waals surface area contributed by atoms with Gasteiger partial charge in [0.2, 0.25) is 0 Å². The standard InChI is InChI=1S/C10H17N/c1-4-5-6-7-8-9-10(2)11-3/h4-7,9,11H,8H2,1-3H3/b5-4-,7-6?,10-9+. The molecule has 0 heterocycles. The van der Waals surface area contributed by atoms with E-state index in [1.807, 2.05) is 26.1 Å². The van der Waals surface area contributed by atoms with Crippen LogP contribution in [0, 0.1) is 0 Å². The Morgan fingerprint density at radius 3 is 2.64 bits per heavy atom. The Balaban J connectivity index is 3.55. The van der Waals surface area contributed by atoms with Gasteiger partial charge in [0.1, 0.15) is 0 Å². The van der Waals surface area contributed by atoms with E-state index in [0.29, 0.717) is 0 Å². The van der Waals surface area contributed by atoms with Crippen LogP contribution in [0.3, 0.4) is 0 Å². The van der Waals surface area contributed by atoms with Gasteiger partial charge in [-0.2, -0.15) is 0 Å². The number of rotatable bonds is 4. The number of hydrogen-bond acceptors (Lipinski definition) is 1.